The summed E-state index contributed by atoms with van der Waals surface area (Å²) in [7, 11) is 3.74. The van der Waals surface area contributed by atoms with Crippen LogP contribution in [-0.2, 0) is 0 Å². The Bertz CT molecular complexity index is 453. The third-order valence-corrected chi connectivity index (χ3v) is 3.80. The molecule has 0 radical (unpaired) electrons. The van der Waals surface area contributed by atoms with Crippen molar-refractivity contribution >= 4 is 11.5 Å². The van der Waals surface area contributed by atoms with Gasteiger partial charge >= 0.3 is 0 Å². The van der Waals surface area contributed by atoms with Crippen molar-refractivity contribution in [1.82, 2.24) is 5.32 Å². The molecule has 0 amide bonds. The van der Waals surface area contributed by atoms with E-state index < -0.39 is 0 Å². The number of nitrogens with zero attached hydrogens (tertiary/aromatic N) is 1. The molecule has 3 heteroatoms. The molecule has 19 heavy (non-hydrogen) atoms. The van der Waals surface area contributed by atoms with E-state index in [0.29, 0.717) is 5.92 Å². The van der Waals surface area contributed by atoms with Gasteiger partial charge in [-0.15, -0.1) is 0 Å². The smallest absolute Gasteiger partial charge is 0.132 e. The average Bonchev–Trinajstić information content (AvgIpc) is 2.99. The van der Waals surface area contributed by atoms with Gasteiger partial charge in [0.25, 0.3) is 0 Å². The van der Waals surface area contributed by atoms with Crippen LogP contribution in [0.5, 0.6) is 0 Å². The quantitative estimate of drug-likeness (QED) is 0.640. The van der Waals surface area contributed by atoms with Gasteiger partial charge in [-0.25, -0.2) is 0 Å². The molecule has 0 spiro atoms. The molecular weight excluding hydrogens is 234 g/mol. The third kappa shape index (κ3) is 3.37. The molecule has 1 aliphatic carbocycles. The molecule has 0 unspecified atom stereocenters. The summed E-state index contributed by atoms with van der Waals surface area (Å²) in [5.41, 5.74) is 3.31. The summed E-state index contributed by atoms with van der Waals surface area (Å²) >= 11 is 0. The highest BCUT2D eigenvalue weighted by Crippen LogP contribution is 2.29. The maximum Gasteiger partial charge on any atom is 0.132 e. The van der Waals surface area contributed by atoms with Crippen LogP contribution in [0.1, 0.15) is 31.2 Å². The van der Waals surface area contributed by atoms with Crippen LogP contribution in [0.25, 0.3) is 0 Å². The first-order valence-electron chi connectivity index (χ1n) is 6.95. The Morgan fingerprint density at radius 3 is 2.37 bits per heavy atom. The van der Waals surface area contributed by atoms with Gasteiger partial charge in [-0.3, -0.25) is 4.99 Å². The molecule has 1 aromatic carbocycles. The van der Waals surface area contributed by atoms with E-state index in [2.05, 4.69) is 46.5 Å². The summed E-state index contributed by atoms with van der Waals surface area (Å²) in [6, 6.07) is 8.26. The molecule has 2 rings (SSSR count). The fraction of sp³-hybridized carbons (Fsp3) is 0.438. The van der Waals surface area contributed by atoms with Gasteiger partial charge in [-0.05, 0) is 43.0 Å². The van der Waals surface area contributed by atoms with Crippen molar-refractivity contribution in [2.24, 2.45) is 10.9 Å². The number of amidine groups is 1. The Kier molecular flexibility index (Phi) is 4.61. The summed E-state index contributed by atoms with van der Waals surface area (Å²) in [4.78, 5) is 4.35. The van der Waals surface area contributed by atoms with E-state index in [1.54, 1.807) is 0 Å². The number of aliphatic imine (C=N–C) groups is 1. The zero-order valence-corrected chi connectivity index (χ0v) is 11.9. The predicted octanol–water partition coefficient (Wildman–Crippen LogP) is 3.40. The molecule has 0 aliphatic heterocycles. The molecule has 1 saturated carbocycles. The van der Waals surface area contributed by atoms with Crippen LogP contribution in [0.4, 0.5) is 5.69 Å². The summed E-state index contributed by atoms with van der Waals surface area (Å²) in [6.07, 6.45) is 5.14. The first-order valence-corrected chi connectivity index (χ1v) is 6.95. The monoisotopic (exact) mass is 257 g/mol. The number of anilines is 1. The van der Waals surface area contributed by atoms with Crippen molar-refractivity contribution < 1.29 is 0 Å². The van der Waals surface area contributed by atoms with Crippen molar-refractivity contribution in [3.05, 3.63) is 42.1 Å². The second-order valence-corrected chi connectivity index (χ2v) is 5.03. The Balaban J connectivity index is 2.05. The van der Waals surface area contributed by atoms with Crippen LogP contribution in [-0.4, -0.2) is 19.9 Å². The van der Waals surface area contributed by atoms with E-state index in [-0.39, 0.29) is 0 Å². The van der Waals surface area contributed by atoms with Gasteiger partial charge < -0.3 is 10.6 Å². The van der Waals surface area contributed by atoms with Crippen LogP contribution in [0.15, 0.2) is 41.5 Å². The molecule has 2 N–H and O–H groups in total. The van der Waals surface area contributed by atoms with E-state index in [9.17, 15) is 0 Å². The minimum Gasteiger partial charge on any atom is -0.388 e. The first-order chi connectivity index (χ1) is 9.24. The minimum atomic E-state index is 0.605. The standard InChI is InChI=1S/C16H23N3/c1-12(13-6-4-5-7-13)19-16(18-3)14-8-10-15(17-2)11-9-14/h8-11,13,17H,1,4-7H2,2-3H3,(H,18,19). The molecule has 1 aliphatic rings. The molecule has 1 fully saturated rings. The largest absolute Gasteiger partial charge is 0.388 e. The number of rotatable bonds is 4. The van der Waals surface area contributed by atoms with E-state index in [1.807, 2.05) is 14.1 Å². The van der Waals surface area contributed by atoms with Gasteiger partial charge in [0.1, 0.15) is 5.84 Å². The van der Waals surface area contributed by atoms with Gasteiger partial charge in [0, 0.05) is 31.0 Å². The topological polar surface area (TPSA) is 36.4 Å². The van der Waals surface area contributed by atoms with E-state index in [0.717, 1.165) is 22.8 Å². The zero-order valence-electron chi connectivity index (χ0n) is 11.9. The van der Waals surface area contributed by atoms with Crippen LogP contribution in [0.3, 0.4) is 0 Å². The molecule has 0 saturated heterocycles. The fourth-order valence-electron chi connectivity index (χ4n) is 2.58. The van der Waals surface area contributed by atoms with Gasteiger partial charge in [-0.1, -0.05) is 19.4 Å². The molecule has 3 nitrogen and oxygen atoms in total. The fourth-order valence-corrected chi connectivity index (χ4v) is 2.58. The normalized spacial score (nSPS) is 16.4. The number of allylic oxidation sites excluding steroid dienone is 1. The van der Waals surface area contributed by atoms with E-state index in [4.69, 9.17) is 0 Å². The van der Waals surface area contributed by atoms with Crippen LogP contribution in [0.2, 0.25) is 0 Å². The highest BCUT2D eigenvalue weighted by Gasteiger charge is 2.19. The molecule has 102 valence electrons. The summed E-state index contributed by atoms with van der Waals surface area (Å²) in [5.74, 6) is 1.51. The highest BCUT2D eigenvalue weighted by molar-refractivity contribution is 5.99. The third-order valence-electron chi connectivity index (χ3n) is 3.80. The Morgan fingerprint density at radius 1 is 1.21 bits per heavy atom. The lowest BCUT2D eigenvalue weighted by Gasteiger charge is -2.17. The highest BCUT2D eigenvalue weighted by atomic mass is 15.0. The summed E-state index contributed by atoms with van der Waals surface area (Å²) in [5, 5.41) is 6.52. The van der Waals surface area contributed by atoms with Gasteiger partial charge in [0.15, 0.2) is 0 Å². The lowest BCUT2D eigenvalue weighted by Crippen LogP contribution is -2.26. The van der Waals surface area contributed by atoms with Gasteiger partial charge in [0.2, 0.25) is 0 Å². The lowest BCUT2D eigenvalue weighted by molar-refractivity contribution is 0.619. The number of benzene rings is 1. The van der Waals surface area contributed by atoms with Crippen LogP contribution >= 0.6 is 0 Å². The first kappa shape index (κ1) is 13.7. The number of hydrogen-bond acceptors (Lipinski definition) is 2. The second-order valence-electron chi connectivity index (χ2n) is 5.03. The lowest BCUT2D eigenvalue weighted by atomic mass is 10.0. The maximum absolute atomic E-state index is 4.35. The second kappa shape index (κ2) is 6.41. The minimum absolute atomic E-state index is 0.605. The Hall–Kier alpha value is -1.77. The van der Waals surface area contributed by atoms with Crippen molar-refractivity contribution in [1.29, 1.82) is 0 Å². The Labute approximate surface area is 115 Å². The van der Waals surface area contributed by atoms with Gasteiger partial charge in [-0.2, -0.15) is 0 Å². The predicted molar refractivity (Wildman–Crippen MR) is 82.7 cm³/mol. The molecular formula is C16H23N3. The van der Waals surface area contributed by atoms with E-state index >= 15 is 0 Å². The summed E-state index contributed by atoms with van der Waals surface area (Å²) < 4.78 is 0. The van der Waals surface area contributed by atoms with Crippen molar-refractivity contribution in [3.8, 4) is 0 Å². The summed E-state index contributed by atoms with van der Waals surface area (Å²) in [6.45, 7) is 4.18. The van der Waals surface area contributed by atoms with E-state index in [1.165, 1.54) is 25.7 Å². The van der Waals surface area contributed by atoms with Gasteiger partial charge in [0.05, 0.1) is 0 Å². The van der Waals surface area contributed by atoms with Crippen molar-refractivity contribution in [2.75, 3.05) is 19.4 Å². The van der Waals surface area contributed by atoms with Crippen molar-refractivity contribution in [2.45, 2.75) is 25.7 Å². The zero-order chi connectivity index (χ0) is 13.7. The SMILES string of the molecule is C=C(NC(=NC)c1ccc(NC)cc1)C1CCCC1. The molecule has 1 aromatic rings. The van der Waals surface area contributed by atoms with Crippen LogP contribution in [0, 0.1) is 5.92 Å². The van der Waals surface area contributed by atoms with Crippen molar-refractivity contribution in [3.63, 3.8) is 0 Å². The maximum atomic E-state index is 4.35. The average molecular weight is 257 g/mol. The molecule has 0 atom stereocenters. The molecule has 0 aromatic heterocycles. The van der Waals surface area contributed by atoms with Crippen LogP contribution < -0.4 is 10.6 Å². The molecule has 0 bridgehead atoms. The molecule has 0 heterocycles. The Morgan fingerprint density at radius 2 is 1.84 bits per heavy atom. The number of nitrogens with one attached hydrogen (secondary N) is 2. The number of hydrogen-bond donors (Lipinski definition) is 2.